The lowest BCUT2D eigenvalue weighted by Gasteiger charge is -2.31. The van der Waals surface area contributed by atoms with Crippen LogP contribution in [0.1, 0.15) is 59.8 Å². The molecule has 1 aliphatic heterocycles. The van der Waals surface area contributed by atoms with E-state index in [2.05, 4.69) is 5.32 Å². The summed E-state index contributed by atoms with van der Waals surface area (Å²) in [5, 5.41) is 3.42. The lowest BCUT2D eigenvalue weighted by Crippen LogP contribution is -2.43. The number of piperidine rings is 1. The molecule has 1 aromatic heterocycles. The Balaban J connectivity index is 1.53. The molecule has 4 rings (SSSR count). The van der Waals surface area contributed by atoms with E-state index in [0.717, 1.165) is 54.7 Å². The smallest absolute Gasteiger partial charge is 0.341 e. The Hall–Kier alpha value is -2.30. The zero-order chi connectivity index (χ0) is 24.3. The molecule has 2 aromatic rings. The number of hydrogen-bond acceptors (Lipinski definition) is 6. The van der Waals surface area contributed by atoms with Gasteiger partial charge >= 0.3 is 5.97 Å². The van der Waals surface area contributed by atoms with Crippen LogP contribution >= 0.6 is 11.3 Å². The summed E-state index contributed by atoms with van der Waals surface area (Å²) < 4.78 is 45.8. The molecule has 1 atom stereocenters. The Kier molecular flexibility index (Phi) is 7.69. The SMILES string of the molecule is CCOC(=O)c1c(NC(=O)C2CCCN(S(=O)(=O)c3ccc(F)cc3)C2)sc2c1CCCCC2. The number of amides is 1. The van der Waals surface area contributed by atoms with E-state index >= 15 is 0 Å². The van der Waals surface area contributed by atoms with E-state index in [4.69, 9.17) is 4.74 Å². The molecule has 1 N–H and O–H groups in total. The van der Waals surface area contributed by atoms with Crippen LogP contribution in [0.2, 0.25) is 0 Å². The third kappa shape index (κ3) is 5.18. The van der Waals surface area contributed by atoms with E-state index in [1.807, 2.05) is 0 Å². The van der Waals surface area contributed by atoms with Crippen molar-refractivity contribution in [2.75, 3.05) is 25.0 Å². The van der Waals surface area contributed by atoms with Gasteiger partial charge in [0.1, 0.15) is 10.8 Å². The molecule has 0 spiro atoms. The molecular formula is C24H29FN2O5S2. The Labute approximate surface area is 203 Å². The molecule has 1 aliphatic carbocycles. The van der Waals surface area contributed by atoms with Gasteiger partial charge < -0.3 is 10.1 Å². The number of hydrogen-bond donors (Lipinski definition) is 1. The molecule has 2 aliphatic rings. The second-order valence-electron chi connectivity index (χ2n) is 8.63. The molecule has 0 radical (unpaired) electrons. The van der Waals surface area contributed by atoms with Crippen LogP contribution in [0.15, 0.2) is 29.2 Å². The maximum Gasteiger partial charge on any atom is 0.341 e. The molecule has 34 heavy (non-hydrogen) atoms. The highest BCUT2D eigenvalue weighted by molar-refractivity contribution is 7.89. The molecule has 1 amide bonds. The first kappa shape index (κ1) is 24.8. The quantitative estimate of drug-likeness (QED) is 0.462. The molecule has 1 aromatic carbocycles. The number of sulfonamides is 1. The van der Waals surface area contributed by atoms with Crippen LogP contribution in [0.3, 0.4) is 0 Å². The molecule has 1 fully saturated rings. The van der Waals surface area contributed by atoms with E-state index in [0.29, 0.717) is 30.0 Å². The van der Waals surface area contributed by atoms with Crippen LogP contribution in [0.4, 0.5) is 9.39 Å². The first-order chi connectivity index (χ1) is 16.3. The standard InChI is InChI=1S/C24H29FN2O5S2/c1-2-32-24(29)21-19-8-4-3-5-9-20(19)33-23(21)26-22(28)16-7-6-14-27(15-16)34(30,31)18-12-10-17(25)11-13-18/h10-13,16H,2-9,14-15H2,1H3,(H,26,28). The highest BCUT2D eigenvalue weighted by Gasteiger charge is 2.35. The third-order valence-electron chi connectivity index (χ3n) is 6.34. The van der Waals surface area contributed by atoms with Gasteiger partial charge in [-0.2, -0.15) is 4.31 Å². The van der Waals surface area contributed by atoms with Crippen molar-refractivity contribution in [3.05, 3.63) is 46.1 Å². The number of carbonyl (C=O) groups excluding carboxylic acids is 2. The maximum atomic E-state index is 13.2. The van der Waals surface area contributed by atoms with Crippen LogP contribution in [0.5, 0.6) is 0 Å². The van der Waals surface area contributed by atoms with Gasteiger partial charge in [-0.05, 0) is 75.3 Å². The van der Waals surface area contributed by atoms with Gasteiger partial charge in [-0.25, -0.2) is 17.6 Å². The number of ether oxygens (including phenoxy) is 1. The summed E-state index contributed by atoms with van der Waals surface area (Å²) in [6.45, 7) is 2.32. The number of anilines is 1. The highest BCUT2D eigenvalue weighted by Crippen LogP contribution is 2.38. The molecular weight excluding hydrogens is 479 g/mol. The van der Waals surface area contributed by atoms with Crippen molar-refractivity contribution in [3.8, 4) is 0 Å². The van der Waals surface area contributed by atoms with Crippen molar-refractivity contribution >= 4 is 38.2 Å². The molecule has 2 heterocycles. The molecule has 1 unspecified atom stereocenters. The Morgan fingerprint density at radius 2 is 1.88 bits per heavy atom. The van der Waals surface area contributed by atoms with E-state index in [-0.39, 0.29) is 24.0 Å². The van der Waals surface area contributed by atoms with Crippen LogP contribution in [0.25, 0.3) is 0 Å². The van der Waals surface area contributed by atoms with Gasteiger partial charge in [0, 0.05) is 18.0 Å². The number of halogens is 1. The summed E-state index contributed by atoms with van der Waals surface area (Å²) >= 11 is 1.43. The largest absolute Gasteiger partial charge is 0.462 e. The molecule has 184 valence electrons. The first-order valence-electron chi connectivity index (χ1n) is 11.7. The summed E-state index contributed by atoms with van der Waals surface area (Å²) in [6.07, 6.45) is 5.86. The summed E-state index contributed by atoms with van der Waals surface area (Å²) in [5.41, 5.74) is 1.42. The molecule has 0 bridgehead atoms. The van der Waals surface area contributed by atoms with Gasteiger partial charge in [-0.15, -0.1) is 11.3 Å². The number of aryl methyl sites for hydroxylation is 1. The fourth-order valence-electron chi connectivity index (χ4n) is 4.59. The number of benzene rings is 1. The number of thiophene rings is 1. The summed E-state index contributed by atoms with van der Waals surface area (Å²) in [4.78, 5) is 27.1. The minimum absolute atomic E-state index is 0.00144. The van der Waals surface area contributed by atoms with Crippen LogP contribution in [-0.2, 0) is 32.4 Å². The van der Waals surface area contributed by atoms with Gasteiger partial charge in [0.25, 0.3) is 0 Å². The first-order valence-corrected chi connectivity index (χ1v) is 13.9. The van der Waals surface area contributed by atoms with E-state index < -0.39 is 27.7 Å². The van der Waals surface area contributed by atoms with Crippen molar-refractivity contribution in [1.29, 1.82) is 0 Å². The third-order valence-corrected chi connectivity index (χ3v) is 9.43. The average molecular weight is 509 g/mol. The number of nitrogens with zero attached hydrogens (tertiary/aromatic N) is 1. The number of fused-ring (bicyclic) bond motifs is 1. The number of esters is 1. The van der Waals surface area contributed by atoms with E-state index in [9.17, 15) is 22.4 Å². The van der Waals surface area contributed by atoms with Crippen molar-refractivity contribution in [2.24, 2.45) is 5.92 Å². The van der Waals surface area contributed by atoms with Gasteiger partial charge in [0.05, 0.1) is 23.0 Å². The molecule has 10 heteroatoms. The minimum Gasteiger partial charge on any atom is -0.462 e. The zero-order valence-corrected chi connectivity index (χ0v) is 20.8. The van der Waals surface area contributed by atoms with E-state index in [1.54, 1.807) is 6.92 Å². The van der Waals surface area contributed by atoms with Gasteiger partial charge in [-0.3, -0.25) is 4.79 Å². The maximum absolute atomic E-state index is 13.2. The number of carbonyl (C=O) groups is 2. The molecule has 1 saturated heterocycles. The average Bonchev–Trinajstić information content (AvgIpc) is 2.99. The van der Waals surface area contributed by atoms with Crippen LogP contribution < -0.4 is 5.32 Å². The summed E-state index contributed by atoms with van der Waals surface area (Å²) in [7, 11) is -3.84. The van der Waals surface area contributed by atoms with Gasteiger partial charge in [0.2, 0.25) is 15.9 Å². The second kappa shape index (κ2) is 10.5. The number of rotatable bonds is 6. The Morgan fingerprint density at radius 3 is 2.62 bits per heavy atom. The zero-order valence-electron chi connectivity index (χ0n) is 19.1. The second-order valence-corrected chi connectivity index (χ2v) is 11.7. The predicted octanol–water partition coefficient (Wildman–Crippen LogP) is 4.37. The summed E-state index contributed by atoms with van der Waals surface area (Å²) in [6, 6.07) is 4.69. The van der Waals surface area contributed by atoms with Crippen molar-refractivity contribution in [3.63, 3.8) is 0 Å². The molecule has 0 saturated carbocycles. The van der Waals surface area contributed by atoms with Crippen molar-refractivity contribution < 1.29 is 27.1 Å². The van der Waals surface area contributed by atoms with Crippen molar-refractivity contribution in [2.45, 2.75) is 56.8 Å². The van der Waals surface area contributed by atoms with Gasteiger partial charge in [-0.1, -0.05) is 6.42 Å². The monoisotopic (exact) mass is 508 g/mol. The van der Waals surface area contributed by atoms with Crippen LogP contribution in [-0.4, -0.2) is 44.3 Å². The fraction of sp³-hybridized carbons (Fsp3) is 0.500. The Morgan fingerprint density at radius 1 is 1.15 bits per heavy atom. The minimum atomic E-state index is -3.84. The normalized spacial score (nSPS) is 19.2. The predicted molar refractivity (Wildman–Crippen MR) is 128 cm³/mol. The fourth-order valence-corrected chi connectivity index (χ4v) is 7.40. The van der Waals surface area contributed by atoms with E-state index in [1.165, 1.54) is 27.8 Å². The molecule has 7 nitrogen and oxygen atoms in total. The Bertz CT molecular complexity index is 1160. The topological polar surface area (TPSA) is 92.8 Å². The lowest BCUT2D eigenvalue weighted by molar-refractivity contribution is -0.120. The lowest BCUT2D eigenvalue weighted by atomic mass is 9.98. The highest BCUT2D eigenvalue weighted by atomic mass is 32.2. The summed E-state index contributed by atoms with van der Waals surface area (Å²) in [5.74, 6) is -1.80. The number of nitrogens with one attached hydrogen (secondary N) is 1. The van der Waals surface area contributed by atoms with Gasteiger partial charge in [0.15, 0.2) is 0 Å². The van der Waals surface area contributed by atoms with Crippen LogP contribution in [0, 0.1) is 11.7 Å². The van der Waals surface area contributed by atoms with Crippen molar-refractivity contribution in [1.82, 2.24) is 4.31 Å².